The number of benzene rings is 2. The molecule has 0 aliphatic carbocycles. The number of fused-ring (bicyclic) bond motifs is 1. The van der Waals surface area contributed by atoms with Crippen LogP contribution in [0.25, 0.3) is 17.3 Å². The van der Waals surface area contributed by atoms with E-state index in [0.717, 1.165) is 10.1 Å². The molecule has 7 nitrogen and oxygen atoms in total. The van der Waals surface area contributed by atoms with Gasteiger partial charge in [0, 0.05) is 11.1 Å². The highest BCUT2D eigenvalue weighted by molar-refractivity contribution is 6.04. The Bertz CT molecular complexity index is 1190. The van der Waals surface area contributed by atoms with Crippen molar-refractivity contribution < 1.29 is 9.21 Å². The number of anilines is 1. The number of amides is 1. The minimum atomic E-state index is -0.511. The third-order valence-corrected chi connectivity index (χ3v) is 4.40. The van der Waals surface area contributed by atoms with Gasteiger partial charge in [-0.25, -0.2) is 4.98 Å². The second-order valence-corrected chi connectivity index (χ2v) is 6.68. The molecule has 4 aromatic rings. The van der Waals surface area contributed by atoms with Crippen molar-refractivity contribution in [2.75, 3.05) is 5.32 Å². The summed E-state index contributed by atoms with van der Waals surface area (Å²) in [6.07, 6.45) is 1.27. The zero-order chi connectivity index (χ0) is 19.7. The van der Waals surface area contributed by atoms with Crippen LogP contribution in [0.15, 0.2) is 70.0 Å². The topological polar surface area (TPSA) is 89.5 Å². The second-order valence-electron chi connectivity index (χ2n) is 6.68. The standard InChI is InChI=1S/C21H18N4O3/c1-13(2)14-8-10-16(11-9-14)19-24-25-20(27)17(12-22-21(25)28-19)23-18(26)15-6-4-3-5-7-15/h3-13H,1-2H3,(H,23,26). The molecule has 28 heavy (non-hydrogen) atoms. The molecule has 0 aliphatic heterocycles. The maximum Gasteiger partial charge on any atom is 0.328 e. The fourth-order valence-electron chi connectivity index (χ4n) is 2.78. The van der Waals surface area contributed by atoms with Gasteiger partial charge in [-0.2, -0.15) is 0 Å². The molecule has 0 radical (unpaired) electrons. The van der Waals surface area contributed by atoms with Crippen LogP contribution in [0.2, 0.25) is 0 Å². The van der Waals surface area contributed by atoms with Gasteiger partial charge < -0.3 is 9.73 Å². The van der Waals surface area contributed by atoms with Crippen LogP contribution in [-0.4, -0.2) is 20.5 Å². The van der Waals surface area contributed by atoms with E-state index < -0.39 is 11.5 Å². The molecule has 0 atom stereocenters. The number of rotatable bonds is 4. The highest BCUT2D eigenvalue weighted by Crippen LogP contribution is 2.22. The summed E-state index contributed by atoms with van der Waals surface area (Å²) in [6, 6.07) is 16.4. The van der Waals surface area contributed by atoms with Crippen LogP contribution in [-0.2, 0) is 0 Å². The molecule has 2 heterocycles. The zero-order valence-electron chi connectivity index (χ0n) is 15.4. The van der Waals surface area contributed by atoms with Crippen LogP contribution in [0.1, 0.15) is 35.7 Å². The van der Waals surface area contributed by atoms with Crippen molar-refractivity contribution in [2.45, 2.75) is 19.8 Å². The van der Waals surface area contributed by atoms with Crippen LogP contribution < -0.4 is 10.9 Å². The predicted octanol–water partition coefficient (Wildman–Crippen LogP) is 3.73. The quantitative estimate of drug-likeness (QED) is 0.588. The highest BCUT2D eigenvalue weighted by Gasteiger charge is 2.15. The van der Waals surface area contributed by atoms with E-state index in [1.807, 2.05) is 30.3 Å². The molecule has 0 unspecified atom stereocenters. The molecular weight excluding hydrogens is 356 g/mol. The molecule has 0 fully saturated rings. The summed E-state index contributed by atoms with van der Waals surface area (Å²) in [5, 5.41) is 6.79. The molecule has 4 rings (SSSR count). The van der Waals surface area contributed by atoms with Crippen molar-refractivity contribution >= 4 is 17.4 Å². The molecule has 1 amide bonds. The number of nitrogens with one attached hydrogen (secondary N) is 1. The van der Waals surface area contributed by atoms with Crippen LogP contribution >= 0.6 is 0 Å². The Morgan fingerprint density at radius 2 is 1.79 bits per heavy atom. The van der Waals surface area contributed by atoms with E-state index in [9.17, 15) is 9.59 Å². The Balaban J connectivity index is 1.66. The van der Waals surface area contributed by atoms with Gasteiger partial charge in [0.1, 0.15) is 5.69 Å². The van der Waals surface area contributed by atoms with Crippen LogP contribution in [0, 0.1) is 0 Å². The van der Waals surface area contributed by atoms with E-state index in [0.29, 0.717) is 11.5 Å². The Morgan fingerprint density at radius 1 is 1.07 bits per heavy atom. The van der Waals surface area contributed by atoms with Crippen LogP contribution in [0.3, 0.4) is 0 Å². The molecule has 0 aliphatic rings. The molecule has 2 aromatic heterocycles. The average Bonchev–Trinajstić information content (AvgIpc) is 3.16. The smallest absolute Gasteiger partial charge is 0.328 e. The normalized spacial score (nSPS) is 11.1. The zero-order valence-corrected chi connectivity index (χ0v) is 15.4. The number of hydrogen-bond acceptors (Lipinski definition) is 5. The van der Waals surface area contributed by atoms with Crippen molar-refractivity contribution in [1.29, 1.82) is 0 Å². The van der Waals surface area contributed by atoms with E-state index in [1.165, 1.54) is 11.8 Å². The van der Waals surface area contributed by atoms with Gasteiger partial charge >= 0.3 is 11.4 Å². The van der Waals surface area contributed by atoms with E-state index in [1.54, 1.807) is 24.3 Å². The predicted molar refractivity (Wildman–Crippen MR) is 105 cm³/mol. The molecule has 1 N–H and O–H groups in total. The molecule has 140 valence electrons. The Labute approximate surface area is 160 Å². The van der Waals surface area contributed by atoms with Crippen molar-refractivity contribution in [1.82, 2.24) is 14.6 Å². The van der Waals surface area contributed by atoms with Crippen molar-refractivity contribution in [3.8, 4) is 11.5 Å². The van der Waals surface area contributed by atoms with Crippen LogP contribution in [0.4, 0.5) is 5.69 Å². The van der Waals surface area contributed by atoms with Gasteiger partial charge in [-0.05, 0) is 35.7 Å². The van der Waals surface area contributed by atoms with Gasteiger partial charge in [-0.15, -0.1) is 9.61 Å². The Kier molecular flexibility index (Phi) is 4.49. The minimum Gasteiger partial charge on any atom is -0.403 e. The minimum absolute atomic E-state index is 0.0290. The fourth-order valence-corrected chi connectivity index (χ4v) is 2.78. The van der Waals surface area contributed by atoms with Gasteiger partial charge in [-0.3, -0.25) is 9.59 Å². The maximum absolute atomic E-state index is 12.7. The Morgan fingerprint density at radius 3 is 2.46 bits per heavy atom. The molecule has 0 bridgehead atoms. The van der Waals surface area contributed by atoms with E-state index >= 15 is 0 Å². The van der Waals surface area contributed by atoms with Gasteiger partial charge in [0.2, 0.25) is 5.89 Å². The summed E-state index contributed by atoms with van der Waals surface area (Å²) in [4.78, 5) is 29.1. The summed E-state index contributed by atoms with van der Waals surface area (Å²) < 4.78 is 6.66. The number of hydrogen-bond donors (Lipinski definition) is 1. The summed E-state index contributed by atoms with van der Waals surface area (Å²) in [7, 11) is 0. The molecular formula is C21H18N4O3. The lowest BCUT2D eigenvalue weighted by atomic mass is 10.0. The van der Waals surface area contributed by atoms with Crippen molar-refractivity contribution in [3.05, 3.63) is 82.3 Å². The first-order chi connectivity index (χ1) is 13.5. The van der Waals surface area contributed by atoms with Gasteiger partial charge in [-0.1, -0.05) is 44.2 Å². The van der Waals surface area contributed by atoms with Crippen molar-refractivity contribution in [3.63, 3.8) is 0 Å². The molecule has 0 spiro atoms. The second kappa shape index (κ2) is 7.11. The first-order valence-electron chi connectivity index (χ1n) is 8.88. The summed E-state index contributed by atoms with van der Waals surface area (Å²) in [6.45, 7) is 4.23. The average molecular weight is 374 g/mol. The van der Waals surface area contributed by atoms with Gasteiger partial charge in [0.15, 0.2) is 0 Å². The monoisotopic (exact) mass is 374 g/mol. The maximum atomic E-state index is 12.7. The number of nitrogens with zero attached hydrogens (tertiary/aromatic N) is 3. The van der Waals surface area contributed by atoms with E-state index in [4.69, 9.17) is 4.42 Å². The molecule has 0 saturated carbocycles. The highest BCUT2D eigenvalue weighted by atomic mass is 16.4. The summed E-state index contributed by atoms with van der Waals surface area (Å²) in [5.74, 6) is 0.363. The SMILES string of the molecule is CC(C)c1ccc(-c2nn3c(=O)c(NC(=O)c4ccccc4)cnc3o2)cc1. The largest absolute Gasteiger partial charge is 0.403 e. The number of aromatic nitrogens is 3. The summed E-state index contributed by atoms with van der Waals surface area (Å²) in [5.41, 5.74) is 1.90. The number of carbonyl (C=O) groups is 1. The number of carbonyl (C=O) groups excluding carboxylic acids is 1. The fraction of sp³-hybridized carbons (Fsp3) is 0.143. The molecule has 7 heteroatoms. The lowest BCUT2D eigenvalue weighted by Gasteiger charge is -2.04. The summed E-state index contributed by atoms with van der Waals surface area (Å²) >= 11 is 0. The lowest BCUT2D eigenvalue weighted by Crippen LogP contribution is -2.23. The molecule has 2 aromatic carbocycles. The third-order valence-electron chi connectivity index (χ3n) is 4.40. The first kappa shape index (κ1) is 17.7. The molecule has 0 saturated heterocycles. The first-order valence-corrected chi connectivity index (χ1v) is 8.88. The van der Waals surface area contributed by atoms with Crippen molar-refractivity contribution in [2.24, 2.45) is 0 Å². The Hall–Kier alpha value is -3.74. The van der Waals surface area contributed by atoms with Crippen LogP contribution in [0.5, 0.6) is 0 Å². The third kappa shape index (κ3) is 3.29. The van der Waals surface area contributed by atoms with Gasteiger partial charge in [0.25, 0.3) is 5.91 Å². The van der Waals surface area contributed by atoms with E-state index in [-0.39, 0.29) is 17.4 Å². The van der Waals surface area contributed by atoms with Gasteiger partial charge in [0.05, 0.1) is 6.20 Å². The lowest BCUT2D eigenvalue weighted by molar-refractivity contribution is 0.102. The van der Waals surface area contributed by atoms with E-state index in [2.05, 4.69) is 29.2 Å².